The summed E-state index contributed by atoms with van der Waals surface area (Å²) in [6, 6.07) is 2.69. The Bertz CT molecular complexity index is 440. The van der Waals surface area contributed by atoms with Crippen molar-refractivity contribution in [3.63, 3.8) is 0 Å². The van der Waals surface area contributed by atoms with Crippen molar-refractivity contribution in [3.05, 3.63) is 27.7 Å². The van der Waals surface area contributed by atoms with Gasteiger partial charge in [-0.2, -0.15) is 0 Å². The molecule has 0 saturated carbocycles. The van der Waals surface area contributed by atoms with Crippen molar-refractivity contribution >= 4 is 38.6 Å². The third-order valence-electron chi connectivity index (χ3n) is 1.48. The molecule has 0 radical (unpaired) electrons. The van der Waals surface area contributed by atoms with Crippen molar-refractivity contribution in [1.82, 2.24) is 9.97 Å². The Balaban J connectivity index is 2.88. The van der Waals surface area contributed by atoms with Crippen molar-refractivity contribution < 1.29 is 4.39 Å². The first kappa shape index (κ1) is 8.01. The SMILES string of the molecule is Fc1cc(Br)c2nc(Cl)[nH]c2c1. The molecule has 2 nitrogen and oxygen atoms in total. The highest BCUT2D eigenvalue weighted by molar-refractivity contribution is 9.10. The summed E-state index contributed by atoms with van der Waals surface area (Å²) < 4.78 is 13.4. The van der Waals surface area contributed by atoms with Gasteiger partial charge in [-0.05, 0) is 39.7 Å². The second kappa shape index (κ2) is 2.71. The Morgan fingerprint density at radius 3 is 3.00 bits per heavy atom. The number of benzene rings is 1. The van der Waals surface area contributed by atoms with E-state index in [0.29, 0.717) is 15.5 Å². The Kier molecular flexibility index (Phi) is 1.81. The molecule has 1 aromatic carbocycles. The minimum absolute atomic E-state index is 0.260. The maximum atomic E-state index is 12.8. The van der Waals surface area contributed by atoms with E-state index in [2.05, 4.69) is 25.9 Å². The number of aromatic nitrogens is 2. The number of imidazole rings is 1. The lowest BCUT2D eigenvalue weighted by molar-refractivity contribution is 0.628. The molecule has 1 N–H and O–H groups in total. The first-order valence-corrected chi connectivity index (χ1v) is 4.34. The quantitative estimate of drug-likeness (QED) is 0.763. The minimum atomic E-state index is -0.324. The summed E-state index contributed by atoms with van der Waals surface area (Å²) in [5.74, 6) is -0.324. The maximum Gasteiger partial charge on any atom is 0.201 e. The largest absolute Gasteiger partial charge is 0.328 e. The third-order valence-corrected chi connectivity index (χ3v) is 2.26. The van der Waals surface area contributed by atoms with Gasteiger partial charge in [-0.15, -0.1) is 0 Å². The van der Waals surface area contributed by atoms with E-state index in [1.54, 1.807) is 0 Å². The molecule has 1 heterocycles. The number of halogens is 3. The van der Waals surface area contributed by atoms with Crippen molar-refractivity contribution in [1.29, 1.82) is 0 Å². The molecule has 0 aliphatic rings. The molecule has 0 aliphatic carbocycles. The minimum Gasteiger partial charge on any atom is -0.328 e. The van der Waals surface area contributed by atoms with Crippen LogP contribution in [0.1, 0.15) is 0 Å². The van der Waals surface area contributed by atoms with E-state index in [-0.39, 0.29) is 11.1 Å². The standard InChI is InChI=1S/C7H3BrClFN2/c8-4-1-3(10)2-5-6(4)12-7(9)11-5/h1-2H,(H,11,12). The van der Waals surface area contributed by atoms with Crippen LogP contribution in [0.3, 0.4) is 0 Å². The second-order valence-corrected chi connectivity index (χ2v) is 3.52. The van der Waals surface area contributed by atoms with Gasteiger partial charge in [0.05, 0.1) is 5.52 Å². The predicted molar refractivity (Wildman–Crippen MR) is 48.8 cm³/mol. The summed E-state index contributed by atoms with van der Waals surface area (Å²) in [6.45, 7) is 0. The molecule has 0 amide bonds. The first-order valence-electron chi connectivity index (χ1n) is 3.17. The lowest BCUT2D eigenvalue weighted by Crippen LogP contribution is -1.76. The number of nitrogens with one attached hydrogen (secondary N) is 1. The lowest BCUT2D eigenvalue weighted by atomic mass is 10.3. The Hall–Kier alpha value is -0.610. The van der Waals surface area contributed by atoms with Crippen molar-refractivity contribution in [3.8, 4) is 0 Å². The van der Waals surface area contributed by atoms with Gasteiger partial charge in [0.2, 0.25) is 5.28 Å². The van der Waals surface area contributed by atoms with Gasteiger partial charge in [0.25, 0.3) is 0 Å². The van der Waals surface area contributed by atoms with E-state index in [0.717, 1.165) is 0 Å². The molecule has 0 fully saturated rings. The van der Waals surface area contributed by atoms with Crippen molar-refractivity contribution in [2.24, 2.45) is 0 Å². The number of fused-ring (bicyclic) bond motifs is 1. The van der Waals surface area contributed by atoms with Gasteiger partial charge in [0.1, 0.15) is 11.3 Å². The summed E-state index contributed by atoms with van der Waals surface area (Å²) in [5, 5.41) is 0.260. The molecular formula is C7H3BrClFN2. The van der Waals surface area contributed by atoms with Gasteiger partial charge in [0.15, 0.2) is 0 Å². The normalized spacial score (nSPS) is 10.9. The van der Waals surface area contributed by atoms with Gasteiger partial charge in [0, 0.05) is 4.47 Å². The number of nitrogens with zero attached hydrogens (tertiary/aromatic N) is 1. The van der Waals surface area contributed by atoms with Crippen LogP contribution >= 0.6 is 27.5 Å². The highest BCUT2D eigenvalue weighted by atomic mass is 79.9. The van der Waals surface area contributed by atoms with Crippen molar-refractivity contribution in [2.75, 3.05) is 0 Å². The van der Waals surface area contributed by atoms with Gasteiger partial charge in [-0.3, -0.25) is 0 Å². The van der Waals surface area contributed by atoms with Crippen LogP contribution in [0, 0.1) is 5.82 Å². The van der Waals surface area contributed by atoms with Crippen LogP contribution in [-0.4, -0.2) is 9.97 Å². The molecule has 0 aliphatic heterocycles. The second-order valence-electron chi connectivity index (χ2n) is 2.31. The average molecular weight is 249 g/mol. The smallest absolute Gasteiger partial charge is 0.201 e. The Morgan fingerprint density at radius 2 is 2.25 bits per heavy atom. The number of H-pyrrole nitrogens is 1. The number of hydrogen-bond donors (Lipinski definition) is 1. The fourth-order valence-corrected chi connectivity index (χ4v) is 1.72. The summed E-state index contributed by atoms with van der Waals surface area (Å²) >= 11 is 8.78. The van der Waals surface area contributed by atoms with E-state index in [1.165, 1.54) is 12.1 Å². The van der Waals surface area contributed by atoms with E-state index in [9.17, 15) is 4.39 Å². The average Bonchev–Trinajstić information content (AvgIpc) is 2.29. The molecule has 12 heavy (non-hydrogen) atoms. The fourth-order valence-electron chi connectivity index (χ4n) is 1.01. The first-order chi connectivity index (χ1) is 5.66. The summed E-state index contributed by atoms with van der Waals surface area (Å²) in [6.07, 6.45) is 0. The molecular weight excluding hydrogens is 246 g/mol. The van der Waals surface area contributed by atoms with Crippen molar-refractivity contribution in [2.45, 2.75) is 0 Å². The third kappa shape index (κ3) is 1.21. The number of aromatic amines is 1. The van der Waals surface area contributed by atoms with Gasteiger partial charge in [-0.25, -0.2) is 9.37 Å². The summed E-state index contributed by atoms with van der Waals surface area (Å²) in [5.41, 5.74) is 1.23. The molecule has 0 bridgehead atoms. The Morgan fingerprint density at radius 1 is 1.50 bits per heavy atom. The molecule has 2 rings (SSSR count). The molecule has 62 valence electrons. The van der Waals surface area contributed by atoms with Crippen LogP contribution in [0.25, 0.3) is 11.0 Å². The molecule has 0 unspecified atom stereocenters. The van der Waals surface area contributed by atoms with Crippen LogP contribution in [0.4, 0.5) is 4.39 Å². The maximum absolute atomic E-state index is 12.8. The molecule has 2 aromatic rings. The summed E-state index contributed by atoms with van der Waals surface area (Å²) in [4.78, 5) is 6.67. The van der Waals surface area contributed by atoms with Gasteiger partial charge in [-0.1, -0.05) is 0 Å². The van der Waals surface area contributed by atoms with Gasteiger partial charge >= 0.3 is 0 Å². The molecule has 0 saturated heterocycles. The number of rotatable bonds is 0. The zero-order valence-corrected chi connectivity index (χ0v) is 8.08. The number of hydrogen-bond acceptors (Lipinski definition) is 1. The monoisotopic (exact) mass is 248 g/mol. The highest BCUT2D eigenvalue weighted by Crippen LogP contribution is 2.24. The fraction of sp³-hybridized carbons (Fsp3) is 0. The Labute approximate surface area is 80.9 Å². The van der Waals surface area contributed by atoms with E-state index in [1.807, 2.05) is 0 Å². The highest BCUT2D eigenvalue weighted by Gasteiger charge is 2.06. The van der Waals surface area contributed by atoms with Crippen LogP contribution in [0.2, 0.25) is 5.28 Å². The zero-order chi connectivity index (χ0) is 8.72. The molecule has 5 heteroatoms. The van der Waals surface area contributed by atoms with Crippen LogP contribution in [0.5, 0.6) is 0 Å². The molecule has 0 spiro atoms. The van der Waals surface area contributed by atoms with E-state index in [4.69, 9.17) is 11.6 Å². The van der Waals surface area contributed by atoms with E-state index >= 15 is 0 Å². The van der Waals surface area contributed by atoms with Crippen LogP contribution < -0.4 is 0 Å². The predicted octanol–water partition coefficient (Wildman–Crippen LogP) is 3.12. The zero-order valence-electron chi connectivity index (χ0n) is 5.74. The van der Waals surface area contributed by atoms with Crippen LogP contribution in [-0.2, 0) is 0 Å². The molecule has 0 atom stereocenters. The molecule has 1 aromatic heterocycles. The topological polar surface area (TPSA) is 28.7 Å². The lowest BCUT2D eigenvalue weighted by Gasteiger charge is -1.91. The van der Waals surface area contributed by atoms with Gasteiger partial charge < -0.3 is 4.98 Å². The van der Waals surface area contributed by atoms with Crippen LogP contribution in [0.15, 0.2) is 16.6 Å². The summed E-state index contributed by atoms with van der Waals surface area (Å²) in [7, 11) is 0. The van der Waals surface area contributed by atoms with E-state index < -0.39 is 0 Å².